The van der Waals surface area contributed by atoms with E-state index < -0.39 is 0 Å². The molecule has 164 valence electrons. The molecule has 6 nitrogen and oxygen atoms in total. The SMILES string of the molecule is Cc1ccc(COC[C@H]2COc3ccc(C(=O)N[C@@H]4C[C@H]5CCN(C5)C4)cc3O2)cc1. The molecule has 0 radical (unpaired) electrons. The van der Waals surface area contributed by atoms with Crippen LogP contribution in [0, 0.1) is 12.8 Å². The fourth-order valence-electron chi connectivity index (χ4n) is 4.76. The highest BCUT2D eigenvalue weighted by atomic mass is 16.6. The van der Waals surface area contributed by atoms with Crippen LogP contribution in [-0.4, -0.2) is 55.8 Å². The summed E-state index contributed by atoms with van der Waals surface area (Å²) in [5.41, 5.74) is 2.98. The lowest BCUT2D eigenvalue weighted by Crippen LogP contribution is -2.47. The number of nitrogens with one attached hydrogen (secondary N) is 1. The molecule has 1 amide bonds. The van der Waals surface area contributed by atoms with Gasteiger partial charge >= 0.3 is 0 Å². The summed E-state index contributed by atoms with van der Waals surface area (Å²) in [6.07, 6.45) is 2.13. The van der Waals surface area contributed by atoms with Crippen LogP contribution in [0.2, 0.25) is 0 Å². The number of benzene rings is 2. The third-order valence-electron chi connectivity index (χ3n) is 6.42. The van der Waals surface area contributed by atoms with Crippen LogP contribution in [-0.2, 0) is 11.3 Å². The van der Waals surface area contributed by atoms with Crippen LogP contribution in [0.25, 0.3) is 0 Å². The quantitative estimate of drug-likeness (QED) is 0.775. The maximum atomic E-state index is 12.8. The van der Waals surface area contributed by atoms with Crippen LogP contribution >= 0.6 is 0 Å². The maximum absolute atomic E-state index is 12.8. The summed E-state index contributed by atoms with van der Waals surface area (Å²) >= 11 is 0. The van der Waals surface area contributed by atoms with Crippen LogP contribution in [0.4, 0.5) is 0 Å². The van der Waals surface area contributed by atoms with Gasteiger partial charge in [0.25, 0.3) is 5.91 Å². The van der Waals surface area contributed by atoms with E-state index in [0.717, 1.165) is 31.0 Å². The number of carbonyl (C=O) groups is 1. The summed E-state index contributed by atoms with van der Waals surface area (Å²) in [5, 5.41) is 3.21. The summed E-state index contributed by atoms with van der Waals surface area (Å²) in [4.78, 5) is 15.3. The Bertz CT molecular complexity index is 918. The van der Waals surface area contributed by atoms with Gasteiger partial charge in [-0.2, -0.15) is 0 Å². The van der Waals surface area contributed by atoms with Crippen molar-refractivity contribution in [2.24, 2.45) is 5.92 Å². The van der Waals surface area contributed by atoms with E-state index in [1.54, 1.807) is 6.07 Å². The molecule has 1 unspecified atom stereocenters. The lowest BCUT2D eigenvalue weighted by Gasteiger charge is -2.30. The van der Waals surface area contributed by atoms with Gasteiger partial charge in [0, 0.05) is 24.7 Å². The zero-order chi connectivity index (χ0) is 21.2. The lowest BCUT2D eigenvalue weighted by atomic mass is 9.96. The number of hydrogen-bond donors (Lipinski definition) is 1. The predicted molar refractivity (Wildman–Crippen MR) is 118 cm³/mol. The van der Waals surface area contributed by atoms with Gasteiger partial charge in [0.2, 0.25) is 0 Å². The average Bonchev–Trinajstić information content (AvgIpc) is 3.12. The number of carbonyl (C=O) groups excluding carboxylic acids is 1. The van der Waals surface area contributed by atoms with Crippen molar-refractivity contribution in [1.82, 2.24) is 10.2 Å². The van der Waals surface area contributed by atoms with Crippen molar-refractivity contribution in [2.75, 3.05) is 32.8 Å². The maximum Gasteiger partial charge on any atom is 0.251 e. The molecule has 5 rings (SSSR count). The van der Waals surface area contributed by atoms with Gasteiger partial charge in [-0.05, 0) is 56.0 Å². The average molecular weight is 423 g/mol. The number of nitrogens with zero attached hydrogens (tertiary/aromatic N) is 1. The van der Waals surface area contributed by atoms with Gasteiger partial charge in [-0.3, -0.25) is 4.79 Å². The zero-order valence-corrected chi connectivity index (χ0v) is 18.0. The Morgan fingerprint density at radius 1 is 1.16 bits per heavy atom. The first-order chi connectivity index (χ1) is 15.1. The number of rotatable bonds is 6. The molecule has 2 saturated heterocycles. The Balaban J connectivity index is 1.15. The van der Waals surface area contributed by atoms with Crippen molar-refractivity contribution in [2.45, 2.75) is 38.5 Å². The van der Waals surface area contributed by atoms with Crippen LogP contribution in [0.15, 0.2) is 42.5 Å². The smallest absolute Gasteiger partial charge is 0.251 e. The Morgan fingerprint density at radius 3 is 2.87 bits per heavy atom. The highest BCUT2D eigenvalue weighted by Gasteiger charge is 2.33. The molecule has 2 fully saturated rings. The van der Waals surface area contributed by atoms with Crippen molar-refractivity contribution in [1.29, 1.82) is 0 Å². The van der Waals surface area contributed by atoms with E-state index in [0.29, 0.717) is 36.9 Å². The summed E-state index contributed by atoms with van der Waals surface area (Å²) in [5.74, 6) is 1.96. The third kappa shape index (κ3) is 4.86. The van der Waals surface area contributed by atoms with Gasteiger partial charge in [0.05, 0.1) is 13.2 Å². The molecule has 6 heteroatoms. The molecule has 1 N–H and O–H groups in total. The molecule has 0 spiro atoms. The second-order valence-corrected chi connectivity index (χ2v) is 9.03. The van der Waals surface area contributed by atoms with E-state index in [1.807, 2.05) is 12.1 Å². The number of aryl methyl sites for hydroxylation is 1. The van der Waals surface area contributed by atoms with Crippen LogP contribution < -0.4 is 14.8 Å². The Hall–Kier alpha value is -2.57. The Labute approximate surface area is 183 Å². The molecule has 3 aliphatic rings. The second-order valence-electron chi connectivity index (χ2n) is 9.03. The summed E-state index contributed by atoms with van der Waals surface area (Å²) < 4.78 is 17.7. The number of amides is 1. The van der Waals surface area contributed by atoms with Gasteiger partial charge in [0.15, 0.2) is 17.6 Å². The van der Waals surface area contributed by atoms with Crippen LogP contribution in [0.5, 0.6) is 11.5 Å². The topological polar surface area (TPSA) is 60.0 Å². The van der Waals surface area contributed by atoms with Crippen LogP contribution in [0.1, 0.15) is 34.3 Å². The van der Waals surface area contributed by atoms with Crippen molar-refractivity contribution in [3.8, 4) is 11.5 Å². The Morgan fingerprint density at radius 2 is 2.03 bits per heavy atom. The molecule has 0 saturated carbocycles. The minimum atomic E-state index is -0.196. The minimum absolute atomic E-state index is 0.0448. The molecular formula is C25H30N2O4. The largest absolute Gasteiger partial charge is 0.486 e. The first-order valence-corrected chi connectivity index (χ1v) is 11.2. The second kappa shape index (κ2) is 8.89. The molecule has 3 heterocycles. The molecule has 2 aromatic rings. The molecule has 0 aliphatic carbocycles. The van der Waals surface area contributed by atoms with Crippen molar-refractivity contribution >= 4 is 5.91 Å². The minimum Gasteiger partial charge on any atom is -0.486 e. The standard InChI is InChI=1S/C25H30N2O4/c1-17-2-4-18(5-3-17)14-29-15-22-16-30-23-7-6-20(11-24(23)31-22)25(28)26-21-10-19-8-9-27(12-19)13-21/h2-7,11,19,21-22H,8-10,12-16H2,1H3,(H,26,28)/t19-,21-,22+/m1/s1. The molecule has 0 aromatic heterocycles. The zero-order valence-electron chi connectivity index (χ0n) is 18.0. The van der Waals surface area contributed by atoms with Crippen molar-refractivity contribution in [3.05, 3.63) is 59.2 Å². The fraction of sp³-hybridized carbons (Fsp3) is 0.480. The normalized spacial score (nSPS) is 26.5. The fourth-order valence-corrected chi connectivity index (χ4v) is 4.76. The van der Waals surface area contributed by atoms with Gasteiger partial charge in [-0.1, -0.05) is 29.8 Å². The first-order valence-electron chi connectivity index (χ1n) is 11.2. The summed E-state index contributed by atoms with van der Waals surface area (Å²) in [6.45, 7) is 6.77. The van der Waals surface area contributed by atoms with E-state index in [9.17, 15) is 4.79 Å². The number of hydrogen-bond acceptors (Lipinski definition) is 5. The highest BCUT2D eigenvalue weighted by Crippen LogP contribution is 2.33. The lowest BCUT2D eigenvalue weighted by molar-refractivity contribution is 0.00267. The van der Waals surface area contributed by atoms with Gasteiger partial charge in [0.1, 0.15) is 6.61 Å². The van der Waals surface area contributed by atoms with Crippen LogP contribution in [0.3, 0.4) is 0 Å². The molecule has 4 atom stereocenters. The van der Waals surface area contributed by atoms with Gasteiger partial charge < -0.3 is 24.4 Å². The Kier molecular flexibility index (Phi) is 5.83. The highest BCUT2D eigenvalue weighted by molar-refractivity contribution is 5.95. The van der Waals surface area contributed by atoms with Crippen molar-refractivity contribution in [3.63, 3.8) is 0 Å². The third-order valence-corrected chi connectivity index (χ3v) is 6.42. The molecule has 31 heavy (non-hydrogen) atoms. The predicted octanol–water partition coefficient (Wildman–Crippen LogP) is 3.18. The molecule has 2 aromatic carbocycles. The van der Waals surface area contributed by atoms with E-state index in [-0.39, 0.29) is 18.1 Å². The molecule has 2 bridgehead atoms. The summed E-state index contributed by atoms with van der Waals surface area (Å²) in [6, 6.07) is 13.9. The van der Waals surface area contributed by atoms with E-state index in [1.165, 1.54) is 18.5 Å². The van der Waals surface area contributed by atoms with E-state index >= 15 is 0 Å². The van der Waals surface area contributed by atoms with E-state index in [2.05, 4.69) is 41.4 Å². The van der Waals surface area contributed by atoms with E-state index in [4.69, 9.17) is 14.2 Å². The number of piperidine rings is 1. The van der Waals surface area contributed by atoms with Gasteiger partial charge in [-0.15, -0.1) is 0 Å². The van der Waals surface area contributed by atoms with Crippen molar-refractivity contribution < 1.29 is 19.0 Å². The molecule has 3 aliphatic heterocycles. The number of ether oxygens (including phenoxy) is 3. The first kappa shape index (κ1) is 20.3. The number of fused-ring (bicyclic) bond motifs is 3. The summed E-state index contributed by atoms with van der Waals surface area (Å²) in [7, 11) is 0. The van der Waals surface area contributed by atoms with Gasteiger partial charge in [-0.25, -0.2) is 0 Å². The molecular weight excluding hydrogens is 392 g/mol. The monoisotopic (exact) mass is 422 g/mol.